The molecule has 2 aromatic heterocycles. The van der Waals surface area contributed by atoms with Gasteiger partial charge in [-0.25, -0.2) is 9.37 Å². The van der Waals surface area contributed by atoms with Gasteiger partial charge in [0, 0.05) is 30.9 Å². The molecule has 6 heteroatoms. The third-order valence-corrected chi connectivity index (χ3v) is 5.12. The maximum Gasteiger partial charge on any atom is 0.186 e. The number of hydrogen-bond acceptors (Lipinski definition) is 5. The number of rotatable bonds is 3. The first-order valence-corrected chi connectivity index (χ1v) is 8.39. The van der Waals surface area contributed by atoms with Crippen LogP contribution in [0.15, 0.2) is 36.7 Å². The number of pyridine rings is 1. The number of nitrogens with zero attached hydrogens (tertiary/aromatic N) is 3. The van der Waals surface area contributed by atoms with Gasteiger partial charge in [-0.2, -0.15) is 0 Å². The summed E-state index contributed by atoms with van der Waals surface area (Å²) in [5, 5.41) is 0.864. The third kappa shape index (κ3) is 2.74. The predicted molar refractivity (Wildman–Crippen MR) is 89.8 cm³/mol. The van der Waals surface area contributed by atoms with E-state index in [2.05, 4.69) is 14.9 Å². The van der Waals surface area contributed by atoms with E-state index in [1.54, 1.807) is 18.5 Å². The van der Waals surface area contributed by atoms with E-state index in [1.165, 1.54) is 17.4 Å². The molecule has 3 heterocycles. The number of halogens is 1. The van der Waals surface area contributed by atoms with E-state index >= 15 is 0 Å². The molecule has 1 fully saturated rings. The summed E-state index contributed by atoms with van der Waals surface area (Å²) in [6.45, 7) is 3.63. The lowest BCUT2D eigenvalue weighted by Crippen LogP contribution is -2.24. The number of anilines is 1. The lowest BCUT2D eigenvalue weighted by Gasteiger charge is -2.17. The van der Waals surface area contributed by atoms with Gasteiger partial charge < -0.3 is 9.64 Å². The van der Waals surface area contributed by atoms with Gasteiger partial charge in [0.15, 0.2) is 5.13 Å². The highest BCUT2D eigenvalue weighted by Crippen LogP contribution is 2.32. The lowest BCUT2D eigenvalue weighted by molar-refractivity contribution is 0.223. The maximum atomic E-state index is 13.8. The van der Waals surface area contributed by atoms with Crippen molar-refractivity contribution in [3.63, 3.8) is 0 Å². The Morgan fingerprint density at radius 1 is 1.35 bits per heavy atom. The van der Waals surface area contributed by atoms with Crippen LogP contribution in [0.25, 0.3) is 10.2 Å². The van der Waals surface area contributed by atoms with Crippen LogP contribution in [-0.2, 0) is 0 Å². The molecule has 0 aliphatic carbocycles. The van der Waals surface area contributed by atoms with E-state index in [1.807, 2.05) is 19.1 Å². The van der Waals surface area contributed by atoms with Crippen LogP contribution < -0.4 is 9.64 Å². The minimum Gasteiger partial charge on any atom is -0.488 e. The fourth-order valence-electron chi connectivity index (χ4n) is 2.81. The molecule has 0 bridgehead atoms. The Labute approximate surface area is 137 Å². The molecule has 4 nitrogen and oxygen atoms in total. The SMILES string of the molecule is Cc1cnccc1OC1CCN(c2nc3c(F)cccc3s2)C1. The van der Waals surface area contributed by atoms with Crippen LogP contribution in [0.2, 0.25) is 0 Å². The highest BCUT2D eigenvalue weighted by atomic mass is 32.1. The zero-order chi connectivity index (χ0) is 15.8. The summed E-state index contributed by atoms with van der Waals surface area (Å²) in [5.41, 5.74) is 1.50. The number of para-hydroxylation sites is 1. The zero-order valence-corrected chi connectivity index (χ0v) is 13.5. The second kappa shape index (κ2) is 5.77. The van der Waals surface area contributed by atoms with Crippen LogP contribution >= 0.6 is 11.3 Å². The Morgan fingerprint density at radius 2 is 2.26 bits per heavy atom. The molecule has 3 aromatic rings. The zero-order valence-electron chi connectivity index (χ0n) is 12.7. The van der Waals surface area contributed by atoms with E-state index < -0.39 is 0 Å². The van der Waals surface area contributed by atoms with Crippen LogP contribution in [0, 0.1) is 12.7 Å². The molecule has 4 rings (SSSR count). The largest absolute Gasteiger partial charge is 0.488 e. The number of aryl methyl sites for hydroxylation is 1. The van der Waals surface area contributed by atoms with Gasteiger partial charge >= 0.3 is 0 Å². The summed E-state index contributed by atoms with van der Waals surface area (Å²) in [6, 6.07) is 6.98. The summed E-state index contributed by atoms with van der Waals surface area (Å²) >= 11 is 1.53. The Morgan fingerprint density at radius 3 is 3.09 bits per heavy atom. The number of benzene rings is 1. The molecule has 1 aromatic carbocycles. The van der Waals surface area contributed by atoms with Crippen molar-refractivity contribution in [2.24, 2.45) is 0 Å². The van der Waals surface area contributed by atoms with Crippen LogP contribution in [0.4, 0.5) is 9.52 Å². The Bertz CT molecular complexity index is 851. The Balaban J connectivity index is 1.51. The van der Waals surface area contributed by atoms with Gasteiger partial charge in [0.25, 0.3) is 0 Å². The predicted octanol–water partition coefficient (Wildman–Crippen LogP) is 3.80. The van der Waals surface area contributed by atoms with Crippen LogP contribution in [0.5, 0.6) is 5.75 Å². The second-order valence-corrected chi connectivity index (χ2v) is 6.71. The van der Waals surface area contributed by atoms with Crippen LogP contribution in [-0.4, -0.2) is 29.2 Å². The van der Waals surface area contributed by atoms with E-state index in [-0.39, 0.29) is 11.9 Å². The van der Waals surface area contributed by atoms with Gasteiger partial charge in [0.1, 0.15) is 23.2 Å². The number of fused-ring (bicyclic) bond motifs is 1. The minimum atomic E-state index is -0.260. The molecule has 0 radical (unpaired) electrons. The van der Waals surface area contributed by atoms with Gasteiger partial charge in [0.05, 0.1) is 11.2 Å². The summed E-state index contributed by atoms with van der Waals surface area (Å²) in [5.74, 6) is 0.617. The van der Waals surface area contributed by atoms with Gasteiger partial charge in [-0.15, -0.1) is 0 Å². The molecule has 1 aliphatic rings. The van der Waals surface area contributed by atoms with E-state index in [0.29, 0.717) is 5.52 Å². The first-order valence-electron chi connectivity index (χ1n) is 7.58. The highest BCUT2D eigenvalue weighted by Gasteiger charge is 2.27. The fraction of sp³-hybridized carbons (Fsp3) is 0.294. The standard InChI is InChI=1S/C17H16FN3OS/c1-11-9-19-7-5-14(11)22-12-6-8-21(10-12)17-20-16-13(18)3-2-4-15(16)23-17/h2-5,7,9,12H,6,8,10H2,1H3. The first-order chi connectivity index (χ1) is 11.2. The molecule has 1 aliphatic heterocycles. The van der Waals surface area contributed by atoms with E-state index in [0.717, 1.165) is 40.7 Å². The molecule has 1 atom stereocenters. The summed E-state index contributed by atoms with van der Waals surface area (Å²) in [6.07, 6.45) is 4.59. The topological polar surface area (TPSA) is 38.2 Å². The number of ether oxygens (including phenoxy) is 1. The molecule has 0 N–H and O–H groups in total. The average molecular weight is 329 g/mol. The van der Waals surface area contributed by atoms with Crippen molar-refractivity contribution in [3.05, 3.63) is 48.0 Å². The average Bonchev–Trinajstić information content (AvgIpc) is 3.17. The Hall–Kier alpha value is -2.21. The smallest absolute Gasteiger partial charge is 0.186 e. The van der Waals surface area contributed by atoms with Crippen molar-refractivity contribution in [2.45, 2.75) is 19.4 Å². The summed E-state index contributed by atoms with van der Waals surface area (Å²) < 4.78 is 20.8. The monoisotopic (exact) mass is 329 g/mol. The molecule has 1 saturated heterocycles. The number of hydrogen-bond donors (Lipinski definition) is 0. The molecule has 0 spiro atoms. The summed E-state index contributed by atoms with van der Waals surface area (Å²) in [7, 11) is 0. The van der Waals surface area contributed by atoms with Crippen LogP contribution in [0.1, 0.15) is 12.0 Å². The van der Waals surface area contributed by atoms with Gasteiger partial charge in [-0.05, 0) is 25.1 Å². The van der Waals surface area contributed by atoms with Crippen molar-refractivity contribution in [1.29, 1.82) is 0 Å². The van der Waals surface area contributed by atoms with Gasteiger partial charge in [-0.1, -0.05) is 17.4 Å². The molecular weight excluding hydrogens is 313 g/mol. The normalized spacial score (nSPS) is 17.8. The molecule has 0 amide bonds. The van der Waals surface area contributed by atoms with Crippen molar-refractivity contribution in [2.75, 3.05) is 18.0 Å². The first kappa shape index (κ1) is 14.4. The number of aromatic nitrogens is 2. The second-order valence-electron chi connectivity index (χ2n) is 5.70. The van der Waals surface area contributed by atoms with E-state index in [4.69, 9.17) is 4.74 Å². The van der Waals surface area contributed by atoms with E-state index in [9.17, 15) is 4.39 Å². The molecule has 0 saturated carbocycles. The molecule has 1 unspecified atom stereocenters. The molecule has 118 valence electrons. The van der Waals surface area contributed by atoms with Crippen LogP contribution in [0.3, 0.4) is 0 Å². The highest BCUT2D eigenvalue weighted by molar-refractivity contribution is 7.22. The minimum absolute atomic E-state index is 0.118. The molecule has 23 heavy (non-hydrogen) atoms. The van der Waals surface area contributed by atoms with Crippen molar-refractivity contribution >= 4 is 26.7 Å². The van der Waals surface area contributed by atoms with Crippen molar-refractivity contribution in [3.8, 4) is 5.75 Å². The Kier molecular flexibility index (Phi) is 3.61. The van der Waals surface area contributed by atoms with Crippen molar-refractivity contribution in [1.82, 2.24) is 9.97 Å². The van der Waals surface area contributed by atoms with Gasteiger partial charge in [-0.3, -0.25) is 4.98 Å². The van der Waals surface area contributed by atoms with Crippen molar-refractivity contribution < 1.29 is 9.13 Å². The third-order valence-electron chi connectivity index (χ3n) is 4.04. The molecular formula is C17H16FN3OS. The lowest BCUT2D eigenvalue weighted by atomic mass is 10.2. The quantitative estimate of drug-likeness (QED) is 0.733. The number of thiazole rings is 1. The summed E-state index contributed by atoms with van der Waals surface area (Å²) in [4.78, 5) is 10.7. The maximum absolute atomic E-state index is 13.8. The fourth-order valence-corrected chi connectivity index (χ4v) is 3.82. The van der Waals surface area contributed by atoms with Gasteiger partial charge in [0.2, 0.25) is 0 Å².